The standard InChI is InChI=1S/C24H29N5O2/c1-6-29-18(4)22(17(3)28-29)15-25-24(26-20-10-12-21(31-5)13-11-20)27-23(30)19-9-7-8-16(2)14-19/h7-14H,6,15H2,1-5H3,(H2,25,26,27,30). The van der Waals surface area contributed by atoms with Crippen LogP contribution >= 0.6 is 0 Å². The molecule has 0 aliphatic rings. The van der Waals surface area contributed by atoms with E-state index in [0.717, 1.165) is 40.5 Å². The number of hydrogen-bond acceptors (Lipinski definition) is 4. The lowest BCUT2D eigenvalue weighted by atomic mass is 10.1. The highest BCUT2D eigenvalue weighted by Crippen LogP contribution is 2.17. The van der Waals surface area contributed by atoms with Gasteiger partial charge in [0.1, 0.15) is 5.75 Å². The van der Waals surface area contributed by atoms with Crippen LogP contribution in [0.25, 0.3) is 0 Å². The van der Waals surface area contributed by atoms with Crippen LogP contribution in [0.1, 0.15) is 39.8 Å². The van der Waals surface area contributed by atoms with E-state index in [1.807, 2.05) is 67.9 Å². The van der Waals surface area contributed by atoms with E-state index >= 15 is 0 Å². The molecule has 2 N–H and O–H groups in total. The molecule has 0 bridgehead atoms. The molecule has 3 rings (SSSR count). The van der Waals surface area contributed by atoms with Crippen LogP contribution in [0, 0.1) is 20.8 Å². The van der Waals surface area contributed by atoms with Crippen LogP contribution < -0.4 is 15.4 Å². The van der Waals surface area contributed by atoms with Gasteiger partial charge in [0, 0.05) is 29.1 Å². The van der Waals surface area contributed by atoms with Crippen molar-refractivity contribution >= 4 is 17.6 Å². The lowest BCUT2D eigenvalue weighted by Gasteiger charge is -2.13. The van der Waals surface area contributed by atoms with E-state index in [9.17, 15) is 4.79 Å². The Hall–Kier alpha value is -3.61. The summed E-state index contributed by atoms with van der Waals surface area (Å²) in [7, 11) is 1.62. The van der Waals surface area contributed by atoms with Crippen molar-refractivity contribution in [3.63, 3.8) is 0 Å². The molecule has 0 unspecified atom stereocenters. The zero-order chi connectivity index (χ0) is 22.4. The molecule has 31 heavy (non-hydrogen) atoms. The Morgan fingerprint density at radius 1 is 1.13 bits per heavy atom. The largest absolute Gasteiger partial charge is 0.497 e. The third-order valence-electron chi connectivity index (χ3n) is 5.09. The molecule has 1 amide bonds. The van der Waals surface area contributed by atoms with Gasteiger partial charge in [-0.2, -0.15) is 5.10 Å². The maximum Gasteiger partial charge on any atom is 0.257 e. The number of methoxy groups -OCH3 is 1. The Bertz CT molecular complexity index is 1080. The molecule has 0 saturated carbocycles. The summed E-state index contributed by atoms with van der Waals surface area (Å²) < 4.78 is 7.18. The highest BCUT2D eigenvalue weighted by Gasteiger charge is 2.13. The number of aryl methyl sites for hydroxylation is 3. The van der Waals surface area contributed by atoms with Crippen molar-refractivity contribution in [1.82, 2.24) is 15.1 Å². The topological polar surface area (TPSA) is 80.5 Å². The number of hydrogen-bond donors (Lipinski definition) is 2. The van der Waals surface area contributed by atoms with Crippen molar-refractivity contribution in [2.45, 2.75) is 40.8 Å². The molecular weight excluding hydrogens is 390 g/mol. The van der Waals surface area contributed by atoms with Crippen LogP contribution in [0.15, 0.2) is 53.5 Å². The molecule has 0 aliphatic carbocycles. The minimum absolute atomic E-state index is 0.221. The van der Waals surface area contributed by atoms with Gasteiger partial charge in [-0.3, -0.25) is 14.8 Å². The van der Waals surface area contributed by atoms with E-state index in [4.69, 9.17) is 4.74 Å². The first kappa shape index (κ1) is 22.1. The number of nitrogens with one attached hydrogen (secondary N) is 2. The highest BCUT2D eigenvalue weighted by atomic mass is 16.5. The summed E-state index contributed by atoms with van der Waals surface area (Å²) >= 11 is 0. The molecule has 7 nitrogen and oxygen atoms in total. The van der Waals surface area contributed by atoms with Gasteiger partial charge in [-0.25, -0.2) is 4.99 Å². The Kier molecular flexibility index (Phi) is 7.07. The van der Waals surface area contributed by atoms with Gasteiger partial charge in [-0.05, 0) is 64.1 Å². The first-order valence-corrected chi connectivity index (χ1v) is 10.3. The summed E-state index contributed by atoms with van der Waals surface area (Å²) in [4.78, 5) is 17.5. The second-order valence-corrected chi connectivity index (χ2v) is 7.31. The number of nitrogens with zero attached hydrogens (tertiary/aromatic N) is 3. The molecule has 2 aromatic carbocycles. The van der Waals surface area contributed by atoms with Gasteiger partial charge >= 0.3 is 0 Å². The monoisotopic (exact) mass is 419 g/mol. The maximum absolute atomic E-state index is 12.8. The van der Waals surface area contributed by atoms with E-state index < -0.39 is 0 Å². The van der Waals surface area contributed by atoms with Gasteiger partial charge < -0.3 is 10.1 Å². The van der Waals surface area contributed by atoms with Crippen LogP contribution in [0.3, 0.4) is 0 Å². The summed E-state index contributed by atoms with van der Waals surface area (Å²) in [5, 5.41) is 10.7. The number of ether oxygens (including phenoxy) is 1. The number of rotatable bonds is 6. The molecule has 0 saturated heterocycles. The van der Waals surface area contributed by atoms with Gasteiger partial charge in [0.15, 0.2) is 0 Å². The van der Waals surface area contributed by atoms with Crippen molar-refractivity contribution in [3.8, 4) is 5.75 Å². The lowest BCUT2D eigenvalue weighted by molar-refractivity contribution is 0.0977. The lowest BCUT2D eigenvalue weighted by Crippen LogP contribution is -2.36. The van der Waals surface area contributed by atoms with Crippen molar-refractivity contribution in [1.29, 1.82) is 0 Å². The first-order chi connectivity index (χ1) is 14.9. The number of anilines is 1. The van der Waals surface area contributed by atoms with Crippen LogP contribution in [0.4, 0.5) is 5.69 Å². The van der Waals surface area contributed by atoms with Crippen LogP contribution in [-0.4, -0.2) is 28.8 Å². The SMILES string of the molecule is CCn1nc(C)c(CN=C(NC(=O)c2cccc(C)c2)Nc2ccc(OC)cc2)c1C. The summed E-state index contributed by atoms with van der Waals surface area (Å²) in [5.41, 5.74) is 5.47. The van der Waals surface area contributed by atoms with E-state index in [1.165, 1.54) is 0 Å². The molecule has 0 fully saturated rings. The molecule has 0 spiro atoms. The molecule has 162 valence electrons. The smallest absolute Gasteiger partial charge is 0.257 e. The van der Waals surface area contributed by atoms with Crippen LogP contribution in [0.2, 0.25) is 0 Å². The minimum Gasteiger partial charge on any atom is -0.497 e. The predicted octanol–water partition coefficient (Wildman–Crippen LogP) is 4.23. The number of amides is 1. The van der Waals surface area contributed by atoms with Gasteiger partial charge in [-0.1, -0.05) is 17.7 Å². The van der Waals surface area contributed by atoms with Crippen LogP contribution in [-0.2, 0) is 13.1 Å². The van der Waals surface area contributed by atoms with E-state index in [-0.39, 0.29) is 5.91 Å². The molecule has 1 heterocycles. The fraction of sp³-hybridized carbons (Fsp3) is 0.292. The molecule has 0 aliphatic heterocycles. The Morgan fingerprint density at radius 2 is 1.87 bits per heavy atom. The molecular formula is C24H29N5O2. The van der Waals surface area contributed by atoms with Crippen LogP contribution in [0.5, 0.6) is 5.75 Å². The summed E-state index contributed by atoms with van der Waals surface area (Å²) in [5.74, 6) is 0.909. The normalized spacial score (nSPS) is 11.3. The van der Waals surface area contributed by atoms with Crippen molar-refractivity contribution in [2.75, 3.05) is 12.4 Å². The zero-order valence-corrected chi connectivity index (χ0v) is 18.7. The van der Waals surface area contributed by atoms with Crippen molar-refractivity contribution in [2.24, 2.45) is 4.99 Å². The molecule has 0 atom stereocenters. The Balaban J connectivity index is 1.86. The first-order valence-electron chi connectivity index (χ1n) is 10.3. The second-order valence-electron chi connectivity index (χ2n) is 7.31. The Morgan fingerprint density at radius 3 is 2.48 bits per heavy atom. The molecule has 0 radical (unpaired) electrons. The number of guanidine groups is 1. The number of carbonyl (C=O) groups excluding carboxylic acids is 1. The zero-order valence-electron chi connectivity index (χ0n) is 18.7. The average Bonchev–Trinajstić information content (AvgIpc) is 3.05. The fourth-order valence-electron chi connectivity index (χ4n) is 3.32. The highest BCUT2D eigenvalue weighted by molar-refractivity contribution is 6.10. The van der Waals surface area contributed by atoms with Crippen molar-refractivity contribution < 1.29 is 9.53 Å². The van der Waals surface area contributed by atoms with Gasteiger partial charge in [0.25, 0.3) is 5.91 Å². The number of aliphatic imine (C=N–C) groups is 1. The summed E-state index contributed by atoms with van der Waals surface area (Å²) in [6, 6.07) is 14.9. The Labute approximate surface area is 183 Å². The third kappa shape index (κ3) is 5.51. The average molecular weight is 420 g/mol. The quantitative estimate of drug-likeness (QED) is 0.463. The van der Waals surface area contributed by atoms with Gasteiger partial charge in [0.2, 0.25) is 5.96 Å². The molecule has 7 heteroatoms. The summed E-state index contributed by atoms with van der Waals surface area (Å²) in [6.07, 6.45) is 0. The van der Waals surface area contributed by atoms with E-state index in [0.29, 0.717) is 18.1 Å². The number of aromatic nitrogens is 2. The van der Waals surface area contributed by atoms with Gasteiger partial charge in [-0.15, -0.1) is 0 Å². The second kappa shape index (κ2) is 9.93. The number of carbonyl (C=O) groups is 1. The van der Waals surface area contributed by atoms with E-state index in [2.05, 4.69) is 27.6 Å². The van der Waals surface area contributed by atoms with E-state index in [1.54, 1.807) is 13.2 Å². The number of benzene rings is 2. The molecule has 3 aromatic rings. The summed E-state index contributed by atoms with van der Waals surface area (Å²) in [6.45, 7) is 9.24. The predicted molar refractivity (Wildman–Crippen MR) is 124 cm³/mol. The minimum atomic E-state index is -0.221. The van der Waals surface area contributed by atoms with Crippen molar-refractivity contribution in [3.05, 3.63) is 76.6 Å². The van der Waals surface area contributed by atoms with Gasteiger partial charge in [0.05, 0.1) is 19.3 Å². The fourth-order valence-corrected chi connectivity index (χ4v) is 3.32. The maximum atomic E-state index is 12.8. The molecule has 1 aromatic heterocycles. The third-order valence-corrected chi connectivity index (χ3v) is 5.09.